The van der Waals surface area contributed by atoms with E-state index in [1.807, 2.05) is 6.92 Å². The maximum absolute atomic E-state index is 13.2. The molecular formula is C25H31F3N4O4S. The Balaban J connectivity index is 1.60. The maximum atomic E-state index is 13.2. The Bertz CT molecular complexity index is 1300. The Morgan fingerprint density at radius 2 is 2.00 bits per heavy atom. The second-order valence-electron chi connectivity index (χ2n) is 9.98. The molecule has 37 heavy (non-hydrogen) atoms. The van der Waals surface area contributed by atoms with Crippen molar-refractivity contribution in [3.05, 3.63) is 46.1 Å². The van der Waals surface area contributed by atoms with Gasteiger partial charge in [0.25, 0.3) is 5.91 Å². The zero-order valence-corrected chi connectivity index (χ0v) is 21.6. The Labute approximate surface area is 213 Å². The van der Waals surface area contributed by atoms with Gasteiger partial charge in [-0.05, 0) is 41.9 Å². The van der Waals surface area contributed by atoms with Crippen LogP contribution in [-0.2, 0) is 40.4 Å². The Morgan fingerprint density at radius 1 is 1.27 bits per heavy atom. The summed E-state index contributed by atoms with van der Waals surface area (Å²) in [5.74, 6) is -1.12. The molecule has 2 heterocycles. The number of aromatic nitrogens is 2. The molecular weight excluding hydrogens is 509 g/mol. The molecule has 8 nitrogen and oxygen atoms in total. The van der Waals surface area contributed by atoms with E-state index in [4.69, 9.17) is 0 Å². The first-order valence-electron chi connectivity index (χ1n) is 12.4. The van der Waals surface area contributed by atoms with Gasteiger partial charge in [-0.1, -0.05) is 38.0 Å². The van der Waals surface area contributed by atoms with Crippen molar-refractivity contribution >= 4 is 27.5 Å². The van der Waals surface area contributed by atoms with Gasteiger partial charge in [-0.15, -0.1) is 0 Å². The number of fused-ring (bicyclic) bond motifs is 1. The van der Waals surface area contributed by atoms with Crippen molar-refractivity contribution in [3.63, 3.8) is 0 Å². The van der Waals surface area contributed by atoms with E-state index >= 15 is 0 Å². The summed E-state index contributed by atoms with van der Waals surface area (Å²) in [5.41, 5.74) is 2.95. The number of hydrogen-bond acceptors (Lipinski definition) is 5. The monoisotopic (exact) mass is 540 g/mol. The molecule has 1 fully saturated rings. The number of halogens is 3. The number of amides is 2. The normalized spacial score (nSPS) is 17.9. The van der Waals surface area contributed by atoms with E-state index in [1.165, 1.54) is 0 Å². The third kappa shape index (κ3) is 7.12. The van der Waals surface area contributed by atoms with E-state index in [0.717, 1.165) is 36.6 Å². The van der Waals surface area contributed by atoms with Crippen LogP contribution >= 0.6 is 0 Å². The standard InChI is InChI=1S/C25H31F3N4O4S/c1-3-17-12-16(8-10-25(26,27)28)6-7-18(17)19-13-20-22(24(34)29-19)23(30-21(33)14-37(2,35)36)32(31-20)11-9-15-4-5-15/h6-7,12,15,19H,3-5,8-11,13-14H2,1-2H3,(H,29,34)(H,30,33)/t19-/m1/s1. The summed E-state index contributed by atoms with van der Waals surface area (Å²) in [6.45, 7) is 2.39. The van der Waals surface area contributed by atoms with Gasteiger partial charge in [0.15, 0.2) is 9.84 Å². The highest BCUT2D eigenvalue weighted by Gasteiger charge is 2.34. The molecule has 2 aromatic rings. The van der Waals surface area contributed by atoms with E-state index in [0.29, 0.717) is 36.6 Å². The first kappa shape index (κ1) is 27.2. The molecule has 2 N–H and O–H groups in total. The average molecular weight is 541 g/mol. The summed E-state index contributed by atoms with van der Waals surface area (Å²) in [6.07, 6.45) is -0.283. The van der Waals surface area contributed by atoms with Crippen molar-refractivity contribution in [1.29, 1.82) is 0 Å². The molecule has 12 heteroatoms. The summed E-state index contributed by atoms with van der Waals surface area (Å²) in [7, 11) is -3.56. The van der Waals surface area contributed by atoms with Crippen LogP contribution in [0, 0.1) is 5.92 Å². The lowest BCUT2D eigenvalue weighted by molar-refractivity contribution is -0.134. The van der Waals surface area contributed by atoms with Gasteiger partial charge in [-0.3, -0.25) is 9.59 Å². The highest BCUT2D eigenvalue weighted by Crippen LogP contribution is 2.35. The van der Waals surface area contributed by atoms with Crippen LogP contribution in [0.5, 0.6) is 0 Å². The highest BCUT2D eigenvalue weighted by atomic mass is 32.2. The second-order valence-corrected chi connectivity index (χ2v) is 12.1. The van der Waals surface area contributed by atoms with Gasteiger partial charge >= 0.3 is 6.18 Å². The van der Waals surface area contributed by atoms with E-state index in [1.54, 1.807) is 22.9 Å². The molecule has 0 bridgehead atoms. The lowest BCUT2D eigenvalue weighted by atomic mass is 9.90. The number of carbonyl (C=O) groups is 2. The van der Waals surface area contributed by atoms with Crippen LogP contribution in [-0.4, -0.2) is 48.2 Å². The van der Waals surface area contributed by atoms with Crippen molar-refractivity contribution < 1.29 is 31.2 Å². The fourth-order valence-corrected chi connectivity index (χ4v) is 5.26. The summed E-state index contributed by atoms with van der Waals surface area (Å²) in [5, 5.41) is 10.2. The van der Waals surface area contributed by atoms with Gasteiger partial charge in [0.1, 0.15) is 17.1 Å². The topological polar surface area (TPSA) is 110 Å². The molecule has 1 aliphatic carbocycles. The number of sulfone groups is 1. The van der Waals surface area contributed by atoms with Crippen LogP contribution in [0.2, 0.25) is 0 Å². The van der Waals surface area contributed by atoms with Crippen molar-refractivity contribution in [2.24, 2.45) is 5.92 Å². The molecule has 0 radical (unpaired) electrons. The highest BCUT2D eigenvalue weighted by molar-refractivity contribution is 7.91. The molecule has 1 saturated carbocycles. The Morgan fingerprint density at radius 3 is 2.62 bits per heavy atom. The third-order valence-electron chi connectivity index (χ3n) is 6.71. The van der Waals surface area contributed by atoms with Crippen LogP contribution in [0.25, 0.3) is 0 Å². The minimum Gasteiger partial charge on any atom is -0.345 e. The zero-order valence-electron chi connectivity index (χ0n) is 20.8. The average Bonchev–Trinajstić information content (AvgIpc) is 3.56. The fourth-order valence-electron chi connectivity index (χ4n) is 4.71. The Hall–Kier alpha value is -2.89. The molecule has 0 spiro atoms. The second kappa shape index (κ2) is 10.5. The predicted molar refractivity (Wildman–Crippen MR) is 132 cm³/mol. The molecule has 1 aliphatic heterocycles. The van der Waals surface area contributed by atoms with E-state index < -0.39 is 46.0 Å². The quantitative estimate of drug-likeness (QED) is 0.477. The maximum Gasteiger partial charge on any atom is 0.389 e. The van der Waals surface area contributed by atoms with Gasteiger partial charge in [0.05, 0.1) is 11.7 Å². The molecule has 1 aromatic heterocycles. The number of benzene rings is 1. The molecule has 202 valence electrons. The van der Waals surface area contributed by atoms with Crippen LogP contribution < -0.4 is 10.6 Å². The molecule has 1 atom stereocenters. The van der Waals surface area contributed by atoms with Gasteiger partial charge in [0, 0.05) is 25.6 Å². The lowest BCUT2D eigenvalue weighted by Crippen LogP contribution is -2.36. The number of alkyl halides is 3. The third-order valence-corrected chi connectivity index (χ3v) is 7.50. The molecule has 2 amide bonds. The largest absolute Gasteiger partial charge is 0.389 e. The van der Waals surface area contributed by atoms with Crippen molar-refractivity contribution in [2.45, 2.75) is 70.6 Å². The zero-order chi connectivity index (χ0) is 27.0. The molecule has 4 rings (SSSR count). The smallest absolute Gasteiger partial charge is 0.345 e. The first-order chi connectivity index (χ1) is 17.3. The van der Waals surface area contributed by atoms with E-state index in [-0.39, 0.29) is 17.8 Å². The number of aryl methyl sites for hydroxylation is 3. The van der Waals surface area contributed by atoms with Crippen molar-refractivity contribution in [2.75, 3.05) is 17.3 Å². The summed E-state index contributed by atoms with van der Waals surface area (Å²) >= 11 is 0. The SMILES string of the molecule is CCc1cc(CCC(F)(F)F)ccc1[C@H]1Cc2nn(CCC3CC3)c(NC(=O)CS(C)(=O)=O)c2C(=O)N1. The predicted octanol–water partition coefficient (Wildman–Crippen LogP) is 3.75. The summed E-state index contributed by atoms with van der Waals surface area (Å²) in [6, 6.07) is 4.75. The fraction of sp³-hybridized carbons (Fsp3) is 0.560. The first-order valence-corrected chi connectivity index (χ1v) is 14.5. The van der Waals surface area contributed by atoms with Gasteiger partial charge in [-0.25, -0.2) is 13.1 Å². The summed E-state index contributed by atoms with van der Waals surface area (Å²) in [4.78, 5) is 25.6. The number of hydrogen-bond donors (Lipinski definition) is 2. The number of carbonyl (C=O) groups excluding carboxylic acids is 2. The lowest BCUT2D eigenvalue weighted by Gasteiger charge is -2.26. The number of rotatable bonds is 10. The molecule has 0 unspecified atom stereocenters. The molecule has 1 aromatic carbocycles. The van der Waals surface area contributed by atoms with Crippen LogP contribution in [0.4, 0.5) is 19.0 Å². The Kier molecular flexibility index (Phi) is 7.68. The number of anilines is 1. The van der Waals surface area contributed by atoms with Crippen molar-refractivity contribution in [3.8, 4) is 0 Å². The molecule has 0 saturated heterocycles. The number of nitrogens with zero attached hydrogens (tertiary/aromatic N) is 2. The van der Waals surface area contributed by atoms with E-state index in [9.17, 15) is 31.2 Å². The minimum atomic E-state index is -4.23. The van der Waals surface area contributed by atoms with Crippen molar-refractivity contribution in [1.82, 2.24) is 15.1 Å². The van der Waals surface area contributed by atoms with Gasteiger partial charge < -0.3 is 10.6 Å². The van der Waals surface area contributed by atoms with E-state index in [2.05, 4.69) is 15.7 Å². The van der Waals surface area contributed by atoms with Crippen LogP contribution in [0.3, 0.4) is 0 Å². The summed E-state index contributed by atoms with van der Waals surface area (Å²) < 4.78 is 62.7. The minimum absolute atomic E-state index is 0.111. The number of nitrogens with one attached hydrogen (secondary N) is 2. The van der Waals surface area contributed by atoms with Crippen LogP contribution in [0.15, 0.2) is 18.2 Å². The van der Waals surface area contributed by atoms with Gasteiger partial charge in [0.2, 0.25) is 5.91 Å². The molecule has 2 aliphatic rings. The van der Waals surface area contributed by atoms with Crippen LogP contribution in [0.1, 0.15) is 71.4 Å². The van der Waals surface area contributed by atoms with Gasteiger partial charge in [-0.2, -0.15) is 18.3 Å².